The third-order valence-corrected chi connectivity index (χ3v) is 4.23. The highest BCUT2D eigenvalue weighted by molar-refractivity contribution is 8.04. The lowest BCUT2D eigenvalue weighted by Crippen LogP contribution is -2.29. The van der Waals surface area contributed by atoms with Crippen molar-refractivity contribution in [3.8, 4) is 5.75 Å². The molecule has 0 unspecified atom stereocenters. The first-order valence-corrected chi connectivity index (χ1v) is 7.42. The smallest absolute Gasteiger partial charge is 0.200 e. The van der Waals surface area contributed by atoms with E-state index in [4.69, 9.17) is 4.74 Å². The molecule has 0 bridgehead atoms. The van der Waals surface area contributed by atoms with E-state index in [1.165, 1.54) is 11.8 Å². The van der Waals surface area contributed by atoms with Gasteiger partial charge >= 0.3 is 0 Å². The number of carboxylic acids is 1. The number of carbonyl (C=O) groups is 2. The van der Waals surface area contributed by atoms with E-state index in [1.54, 1.807) is 36.4 Å². The van der Waals surface area contributed by atoms with Crippen molar-refractivity contribution in [2.45, 2.75) is 4.90 Å². The standard InChI is InChI=1S/C17H12O4S/c18-16(19)10-21-13-7-3-1-5-11(13)9-15-17(20)12-6-2-4-8-14(12)22-15/h1-9H,10H2,(H,18,19)/p-1/b15-9-. The highest BCUT2D eigenvalue weighted by Crippen LogP contribution is 2.41. The van der Waals surface area contributed by atoms with Crippen molar-refractivity contribution >= 4 is 29.6 Å². The Labute approximate surface area is 131 Å². The zero-order chi connectivity index (χ0) is 15.5. The fourth-order valence-corrected chi connectivity index (χ4v) is 3.19. The van der Waals surface area contributed by atoms with Crippen LogP contribution in [-0.4, -0.2) is 18.4 Å². The zero-order valence-electron chi connectivity index (χ0n) is 11.4. The molecule has 2 aromatic carbocycles. The van der Waals surface area contributed by atoms with E-state index in [0.29, 0.717) is 21.8 Å². The molecule has 110 valence electrons. The Morgan fingerprint density at radius 3 is 2.64 bits per heavy atom. The van der Waals surface area contributed by atoms with Crippen molar-refractivity contribution in [1.29, 1.82) is 0 Å². The number of carboxylic acid groups (broad SMARTS) is 1. The predicted molar refractivity (Wildman–Crippen MR) is 81.6 cm³/mol. The molecule has 0 amide bonds. The fraction of sp³-hybridized carbons (Fsp3) is 0.0588. The van der Waals surface area contributed by atoms with Crippen LogP contribution in [0.4, 0.5) is 0 Å². The largest absolute Gasteiger partial charge is 0.546 e. The SMILES string of the molecule is O=C([O-])COc1ccccc1/C=C1\Sc2ccccc2C1=O. The molecule has 3 rings (SSSR count). The van der Waals surface area contributed by atoms with E-state index in [1.807, 2.05) is 18.2 Å². The summed E-state index contributed by atoms with van der Waals surface area (Å²) in [5.41, 5.74) is 1.35. The summed E-state index contributed by atoms with van der Waals surface area (Å²) >= 11 is 1.40. The molecule has 1 heterocycles. The van der Waals surface area contributed by atoms with Gasteiger partial charge in [0.2, 0.25) is 5.78 Å². The number of fused-ring (bicyclic) bond motifs is 1. The molecule has 0 fully saturated rings. The van der Waals surface area contributed by atoms with E-state index in [-0.39, 0.29) is 5.78 Å². The number of aliphatic carboxylic acids is 1. The minimum Gasteiger partial charge on any atom is -0.546 e. The number of ketones is 1. The number of ether oxygens (including phenoxy) is 1. The highest BCUT2D eigenvalue weighted by atomic mass is 32.2. The summed E-state index contributed by atoms with van der Waals surface area (Å²) in [6.07, 6.45) is 1.72. The van der Waals surface area contributed by atoms with E-state index in [0.717, 1.165) is 4.90 Å². The molecule has 0 spiro atoms. The molecule has 22 heavy (non-hydrogen) atoms. The van der Waals surface area contributed by atoms with Gasteiger partial charge in [-0.15, -0.1) is 0 Å². The summed E-state index contributed by atoms with van der Waals surface area (Å²) in [7, 11) is 0. The molecule has 0 radical (unpaired) electrons. The minimum absolute atomic E-state index is 0.0321. The van der Waals surface area contributed by atoms with Gasteiger partial charge in [0, 0.05) is 16.0 Å². The number of carbonyl (C=O) groups excluding carboxylic acids is 2. The third-order valence-electron chi connectivity index (χ3n) is 3.13. The molecule has 0 saturated heterocycles. The molecule has 0 atom stereocenters. The molecule has 4 nitrogen and oxygen atoms in total. The quantitative estimate of drug-likeness (QED) is 0.809. The molecule has 0 saturated carbocycles. The maximum absolute atomic E-state index is 12.3. The highest BCUT2D eigenvalue weighted by Gasteiger charge is 2.25. The van der Waals surface area contributed by atoms with Gasteiger partial charge in [0.25, 0.3) is 0 Å². The number of thioether (sulfide) groups is 1. The topological polar surface area (TPSA) is 66.4 Å². The van der Waals surface area contributed by atoms with Gasteiger partial charge in [0.1, 0.15) is 12.4 Å². The first kappa shape index (κ1) is 14.4. The second-order valence-corrected chi connectivity index (χ2v) is 5.72. The normalized spacial score (nSPS) is 14.9. The first-order valence-electron chi connectivity index (χ1n) is 6.60. The molecular weight excluding hydrogens is 300 g/mol. The summed E-state index contributed by atoms with van der Waals surface area (Å²) < 4.78 is 5.19. The number of allylic oxidation sites excluding steroid dienone is 1. The predicted octanol–water partition coefficient (Wildman–Crippen LogP) is 2.14. The molecule has 1 aliphatic rings. The maximum Gasteiger partial charge on any atom is 0.200 e. The maximum atomic E-state index is 12.3. The summed E-state index contributed by atoms with van der Waals surface area (Å²) in [5.74, 6) is -0.917. The first-order chi connectivity index (χ1) is 10.6. The second-order valence-electron chi connectivity index (χ2n) is 4.63. The Hall–Kier alpha value is -2.53. The van der Waals surface area contributed by atoms with Crippen molar-refractivity contribution in [3.63, 3.8) is 0 Å². The van der Waals surface area contributed by atoms with Crippen molar-refractivity contribution in [2.24, 2.45) is 0 Å². The Morgan fingerprint density at radius 1 is 1.14 bits per heavy atom. The summed E-state index contributed by atoms with van der Waals surface area (Å²) in [4.78, 5) is 24.4. The Morgan fingerprint density at radius 2 is 1.86 bits per heavy atom. The Bertz CT molecular complexity index is 780. The lowest BCUT2D eigenvalue weighted by Gasteiger charge is -2.09. The summed E-state index contributed by atoms with van der Waals surface area (Å²) in [6, 6.07) is 14.4. The number of hydrogen-bond donors (Lipinski definition) is 0. The number of benzene rings is 2. The molecule has 5 heteroatoms. The van der Waals surface area contributed by atoms with Gasteiger partial charge in [-0.05, 0) is 24.3 Å². The van der Waals surface area contributed by atoms with Crippen LogP contribution in [0.25, 0.3) is 6.08 Å². The van der Waals surface area contributed by atoms with Crippen LogP contribution in [0.3, 0.4) is 0 Å². The lowest BCUT2D eigenvalue weighted by molar-refractivity contribution is -0.307. The van der Waals surface area contributed by atoms with E-state index >= 15 is 0 Å². The molecular formula is C17H11O4S-. The Balaban J connectivity index is 1.91. The Kier molecular flexibility index (Phi) is 3.98. The van der Waals surface area contributed by atoms with Gasteiger partial charge in [-0.1, -0.05) is 42.1 Å². The van der Waals surface area contributed by atoms with Gasteiger partial charge in [-0.25, -0.2) is 0 Å². The van der Waals surface area contributed by atoms with Gasteiger partial charge in [-0.2, -0.15) is 0 Å². The molecule has 1 aliphatic heterocycles. The minimum atomic E-state index is -1.29. The van der Waals surface area contributed by atoms with Gasteiger partial charge in [-0.3, -0.25) is 4.79 Å². The number of para-hydroxylation sites is 1. The van der Waals surface area contributed by atoms with Crippen molar-refractivity contribution in [2.75, 3.05) is 6.61 Å². The molecule has 2 aromatic rings. The van der Waals surface area contributed by atoms with Crippen LogP contribution >= 0.6 is 11.8 Å². The number of hydrogen-bond acceptors (Lipinski definition) is 5. The zero-order valence-corrected chi connectivity index (χ0v) is 12.3. The molecule has 0 aromatic heterocycles. The van der Waals surface area contributed by atoms with Crippen LogP contribution in [-0.2, 0) is 4.79 Å². The van der Waals surface area contributed by atoms with Crippen molar-refractivity contribution in [3.05, 3.63) is 64.6 Å². The van der Waals surface area contributed by atoms with Crippen LogP contribution in [0.5, 0.6) is 5.75 Å². The van der Waals surface area contributed by atoms with Crippen molar-refractivity contribution in [1.82, 2.24) is 0 Å². The van der Waals surface area contributed by atoms with E-state index in [2.05, 4.69) is 0 Å². The van der Waals surface area contributed by atoms with Gasteiger partial charge in [0.15, 0.2) is 0 Å². The molecule has 0 N–H and O–H groups in total. The fourth-order valence-electron chi connectivity index (χ4n) is 2.14. The van der Waals surface area contributed by atoms with Crippen LogP contribution in [0.15, 0.2) is 58.3 Å². The van der Waals surface area contributed by atoms with Gasteiger partial charge < -0.3 is 14.6 Å². The van der Waals surface area contributed by atoms with E-state index in [9.17, 15) is 14.7 Å². The second kappa shape index (κ2) is 6.07. The van der Waals surface area contributed by atoms with Crippen LogP contribution in [0.1, 0.15) is 15.9 Å². The van der Waals surface area contributed by atoms with Crippen LogP contribution in [0, 0.1) is 0 Å². The third kappa shape index (κ3) is 2.89. The monoisotopic (exact) mass is 311 g/mol. The number of Topliss-reactive ketones (excluding diaryl/α,β-unsaturated/α-hetero) is 1. The molecule has 0 aliphatic carbocycles. The van der Waals surface area contributed by atoms with Gasteiger partial charge in [0.05, 0.1) is 10.9 Å². The lowest BCUT2D eigenvalue weighted by atomic mass is 10.1. The summed E-state index contributed by atoms with van der Waals surface area (Å²) in [5, 5.41) is 10.5. The van der Waals surface area contributed by atoms with Crippen LogP contribution < -0.4 is 9.84 Å². The van der Waals surface area contributed by atoms with E-state index < -0.39 is 12.6 Å². The average molecular weight is 311 g/mol. The average Bonchev–Trinajstić information content (AvgIpc) is 2.83. The summed E-state index contributed by atoms with van der Waals surface area (Å²) in [6.45, 7) is -0.526. The number of rotatable bonds is 4. The van der Waals surface area contributed by atoms with Crippen LogP contribution in [0.2, 0.25) is 0 Å². The van der Waals surface area contributed by atoms with Crippen molar-refractivity contribution < 1.29 is 19.4 Å².